The van der Waals surface area contributed by atoms with Crippen molar-refractivity contribution < 1.29 is 9.18 Å². The molecule has 2 heterocycles. The van der Waals surface area contributed by atoms with Crippen LogP contribution < -0.4 is 5.32 Å². The zero-order valence-corrected chi connectivity index (χ0v) is 14.6. The van der Waals surface area contributed by atoms with Gasteiger partial charge < -0.3 is 19.7 Å². The summed E-state index contributed by atoms with van der Waals surface area (Å²) in [6.07, 6.45) is 4.14. The van der Waals surface area contributed by atoms with Crippen LogP contribution in [0.3, 0.4) is 0 Å². The summed E-state index contributed by atoms with van der Waals surface area (Å²) in [5, 5.41) is 2.71. The average Bonchev–Trinajstić information content (AvgIpc) is 3.17. The Labute approximate surface area is 148 Å². The van der Waals surface area contributed by atoms with Gasteiger partial charge in [-0.25, -0.2) is 4.39 Å². The van der Waals surface area contributed by atoms with Gasteiger partial charge in [0.1, 0.15) is 5.82 Å². The monoisotopic (exact) mass is 344 g/mol. The maximum Gasteiger partial charge on any atom is 0.225 e. The van der Waals surface area contributed by atoms with Gasteiger partial charge in [-0.2, -0.15) is 0 Å². The summed E-state index contributed by atoms with van der Waals surface area (Å²) < 4.78 is 15.9. The van der Waals surface area contributed by atoms with Crippen LogP contribution in [0, 0.1) is 5.82 Å². The molecule has 3 rings (SSSR count). The van der Waals surface area contributed by atoms with E-state index >= 15 is 0 Å². The van der Waals surface area contributed by atoms with Crippen molar-refractivity contribution in [3.05, 3.63) is 48.5 Å². The van der Waals surface area contributed by atoms with Gasteiger partial charge in [0.2, 0.25) is 5.91 Å². The fourth-order valence-electron chi connectivity index (χ4n) is 3.08. The number of hydrogen-bond donors (Lipinski definition) is 1. The van der Waals surface area contributed by atoms with Gasteiger partial charge in [0.05, 0.1) is 5.69 Å². The third kappa shape index (κ3) is 4.67. The quantitative estimate of drug-likeness (QED) is 0.876. The van der Waals surface area contributed by atoms with Crippen molar-refractivity contribution in [2.75, 3.05) is 44.6 Å². The highest BCUT2D eigenvalue weighted by atomic mass is 19.1. The van der Waals surface area contributed by atoms with E-state index in [-0.39, 0.29) is 11.6 Å². The molecule has 1 aliphatic heterocycles. The minimum Gasteiger partial charge on any atom is -0.324 e. The van der Waals surface area contributed by atoms with Crippen LogP contribution in [0.5, 0.6) is 0 Å². The lowest BCUT2D eigenvalue weighted by molar-refractivity contribution is -0.116. The summed E-state index contributed by atoms with van der Waals surface area (Å²) >= 11 is 0. The van der Waals surface area contributed by atoms with E-state index < -0.39 is 5.82 Å². The van der Waals surface area contributed by atoms with Crippen LogP contribution in [0.25, 0.3) is 5.69 Å². The summed E-state index contributed by atoms with van der Waals surface area (Å²) in [5.74, 6) is -0.567. The number of halogens is 1. The zero-order valence-electron chi connectivity index (χ0n) is 14.6. The molecular formula is C19H25FN4O. The average molecular weight is 344 g/mol. The Bertz CT molecular complexity index is 693. The van der Waals surface area contributed by atoms with Crippen LogP contribution in [0.4, 0.5) is 10.1 Å². The highest BCUT2D eigenvalue weighted by Crippen LogP contribution is 2.19. The molecule has 2 aromatic rings. The molecule has 0 spiro atoms. The molecule has 1 saturated heterocycles. The summed E-state index contributed by atoms with van der Waals surface area (Å²) in [4.78, 5) is 16.9. The van der Waals surface area contributed by atoms with Gasteiger partial charge in [-0.05, 0) is 36.9 Å². The molecule has 0 radical (unpaired) electrons. The standard InChI is InChI=1S/C19H25FN4O/c1-2-22-11-13-23(14-12-22)10-7-19(25)21-18-15-16(5-6-17(18)20)24-8-3-4-9-24/h3-6,8-9,15H,2,7,10-14H2,1H3,(H,21,25). The minimum absolute atomic E-state index is 0.151. The molecule has 0 bridgehead atoms. The molecule has 1 aliphatic rings. The maximum absolute atomic E-state index is 14.0. The minimum atomic E-state index is -0.416. The summed E-state index contributed by atoms with van der Waals surface area (Å²) in [6.45, 7) is 8.02. The van der Waals surface area contributed by atoms with E-state index in [1.54, 1.807) is 12.1 Å². The van der Waals surface area contributed by atoms with Crippen molar-refractivity contribution in [2.45, 2.75) is 13.3 Å². The highest BCUT2D eigenvalue weighted by molar-refractivity contribution is 5.91. The van der Waals surface area contributed by atoms with E-state index in [4.69, 9.17) is 0 Å². The predicted octanol–water partition coefficient (Wildman–Crippen LogP) is 2.58. The second-order valence-electron chi connectivity index (χ2n) is 6.33. The van der Waals surface area contributed by atoms with Crippen LogP contribution in [-0.2, 0) is 4.79 Å². The Morgan fingerprint density at radius 3 is 2.48 bits per heavy atom. The SMILES string of the molecule is CCN1CCN(CCC(=O)Nc2cc(-n3cccc3)ccc2F)CC1. The van der Waals surface area contributed by atoms with E-state index in [1.807, 2.05) is 29.1 Å². The lowest BCUT2D eigenvalue weighted by atomic mass is 10.2. The molecule has 1 fully saturated rings. The molecule has 0 unspecified atom stereocenters. The molecule has 1 aromatic heterocycles. The third-order valence-corrected chi connectivity index (χ3v) is 4.69. The van der Waals surface area contributed by atoms with Crippen molar-refractivity contribution in [2.24, 2.45) is 0 Å². The first-order valence-electron chi connectivity index (χ1n) is 8.83. The number of hydrogen-bond acceptors (Lipinski definition) is 3. The fraction of sp³-hybridized carbons (Fsp3) is 0.421. The molecule has 25 heavy (non-hydrogen) atoms. The van der Waals surface area contributed by atoms with E-state index in [0.717, 1.165) is 38.4 Å². The van der Waals surface area contributed by atoms with E-state index in [2.05, 4.69) is 22.0 Å². The molecule has 6 heteroatoms. The number of carbonyl (C=O) groups is 1. The number of rotatable bonds is 6. The summed E-state index contributed by atoms with van der Waals surface area (Å²) in [6, 6.07) is 8.54. The molecule has 0 saturated carbocycles. The van der Waals surface area contributed by atoms with Gasteiger partial charge in [-0.15, -0.1) is 0 Å². The maximum atomic E-state index is 14.0. The van der Waals surface area contributed by atoms with Gasteiger partial charge in [-0.1, -0.05) is 6.92 Å². The predicted molar refractivity (Wildman–Crippen MR) is 97.5 cm³/mol. The Hall–Kier alpha value is -2.18. The normalized spacial score (nSPS) is 16.1. The smallest absolute Gasteiger partial charge is 0.225 e. The second-order valence-corrected chi connectivity index (χ2v) is 6.33. The molecule has 1 amide bonds. The van der Waals surface area contributed by atoms with Gasteiger partial charge in [0.25, 0.3) is 0 Å². The number of anilines is 1. The van der Waals surface area contributed by atoms with Crippen LogP contribution in [0.1, 0.15) is 13.3 Å². The Balaban J connectivity index is 1.53. The second kappa shape index (κ2) is 8.27. The number of nitrogens with one attached hydrogen (secondary N) is 1. The van der Waals surface area contributed by atoms with Gasteiger partial charge >= 0.3 is 0 Å². The molecular weight excluding hydrogens is 319 g/mol. The first-order valence-corrected chi connectivity index (χ1v) is 8.83. The number of amides is 1. The van der Waals surface area contributed by atoms with E-state index in [9.17, 15) is 9.18 Å². The van der Waals surface area contributed by atoms with Crippen molar-refractivity contribution >= 4 is 11.6 Å². The number of nitrogens with zero attached hydrogens (tertiary/aromatic N) is 3. The van der Waals surface area contributed by atoms with Crippen molar-refractivity contribution in [3.63, 3.8) is 0 Å². The van der Waals surface area contributed by atoms with E-state index in [1.165, 1.54) is 6.07 Å². The first kappa shape index (κ1) is 17.6. The lowest BCUT2D eigenvalue weighted by Crippen LogP contribution is -2.46. The number of likely N-dealkylation sites (N-methyl/N-ethyl adjacent to an activating group) is 1. The van der Waals surface area contributed by atoms with Crippen LogP contribution in [-0.4, -0.2) is 59.5 Å². The third-order valence-electron chi connectivity index (χ3n) is 4.69. The number of aromatic nitrogens is 1. The highest BCUT2D eigenvalue weighted by Gasteiger charge is 2.16. The molecule has 5 nitrogen and oxygen atoms in total. The topological polar surface area (TPSA) is 40.5 Å². The van der Waals surface area contributed by atoms with Gasteiger partial charge in [0.15, 0.2) is 0 Å². The van der Waals surface area contributed by atoms with Gasteiger partial charge in [-0.3, -0.25) is 4.79 Å². The number of benzene rings is 1. The van der Waals surface area contributed by atoms with Crippen LogP contribution in [0.2, 0.25) is 0 Å². The Kier molecular flexibility index (Phi) is 5.83. The lowest BCUT2D eigenvalue weighted by Gasteiger charge is -2.33. The number of carbonyl (C=O) groups excluding carboxylic acids is 1. The Morgan fingerprint density at radius 1 is 1.12 bits per heavy atom. The molecule has 0 atom stereocenters. The zero-order chi connectivity index (χ0) is 17.6. The summed E-state index contributed by atoms with van der Waals surface area (Å²) in [7, 11) is 0. The molecule has 0 aliphatic carbocycles. The molecule has 134 valence electrons. The molecule has 1 N–H and O–H groups in total. The Morgan fingerprint density at radius 2 is 1.80 bits per heavy atom. The van der Waals surface area contributed by atoms with Crippen molar-refractivity contribution in [1.29, 1.82) is 0 Å². The summed E-state index contributed by atoms with van der Waals surface area (Å²) in [5.41, 5.74) is 1.05. The molecule has 1 aromatic carbocycles. The fourth-order valence-corrected chi connectivity index (χ4v) is 3.08. The number of piperazine rings is 1. The van der Waals surface area contributed by atoms with Crippen LogP contribution in [0.15, 0.2) is 42.7 Å². The van der Waals surface area contributed by atoms with Crippen LogP contribution >= 0.6 is 0 Å². The first-order chi connectivity index (χ1) is 12.2. The van der Waals surface area contributed by atoms with E-state index in [0.29, 0.717) is 13.0 Å². The van der Waals surface area contributed by atoms with Crippen molar-refractivity contribution in [3.8, 4) is 5.69 Å². The van der Waals surface area contributed by atoms with Gasteiger partial charge in [0, 0.05) is 57.2 Å². The van der Waals surface area contributed by atoms with Crippen molar-refractivity contribution in [1.82, 2.24) is 14.4 Å². The largest absolute Gasteiger partial charge is 0.324 e.